The third kappa shape index (κ3) is 17.8. The summed E-state index contributed by atoms with van der Waals surface area (Å²) in [6.45, 7) is 3.36. The quantitative estimate of drug-likeness (QED) is 0.343. The van der Waals surface area contributed by atoms with E-state index in [0.717, 1.165) is 0 Å². The van der Waals surface area contributed by atoms with Crippen LogP contribution in [0, 0.1) is 0 Å². The van der Waals surface area contributed by atoms with Gasteiger partial charge in [0.25, 0.3) is 0 Å². The van der Waals surface area contributed by atoms with E-state index in [0.29, 0.717) is 0 Å². The molecule has 0 aromatic rings. The van der Waals surface area contributed by atoms with Crippen LogP contribution in [0.1, 0.15) is 0 Å². The van der Waals surface area contributed by atoms with Crippen molar-refractivity contribution in [1.82, 2.24) is 0 Å². The molecule has 0 aliphatic carbocycles. The minimum atomic E-state index is -3.31. The molecule has 9 heavy (non-hydrogen) atoms. The molecule has 0 N–H and O–H groups in total. The van der Waals surface area contributed by atoms with Crippen LogP contribution >= 0.6 is 0 Å². The molecule has 0 aliphatic heterocycles. The molecule has 0 aromatic carbocycles. The van der Waals surface area contributed by atoms with Gasteiger partial charge in [-0.1, -0.05) is 0 Å². The van der Waals surface area contributed by atoms with Gasteiger partial charge >= 0.3 is 106 Å². The summed E-state index contributed by atoms with van der Waals surface area (Å²) in [6, 6.07) is 0. The van der Waals surface area contributed by atoms with Gasteiger partial charge in [0, 0.05) is 0 Å². The van der Waals surface area contributed by atoms with E-state index in [2.05, 4.69) is 10.3 Å². The summed E-state index contributed by atoms with van der Waals surface area (Å²) >= 11 is -3.31. The molecule has 42 valence electrons. The van der Waals surface area contributed by atoms with Crippen LogP contribution in [0.5, 0.6) is 0 Å². The Morgan fingerprint density at radius 2 is 1.89 bits per heavy atom. The van der Waals surface area contributed by atoms with Gasteiger partial charge in [-0.25, -0.2) is 0 Å². The van der Waals surface area contributed by atoms with Gasteiger partial charge in [0.05, 0.1) is 0 Å². The molecule has 0 atom stereocenters. The molecule has 3 nitrogen and oxygen atoms in total. The second-order valence-corrected chi connectivity index (χ2v) is 2.29. The van der Waals surface area contributed by atoms with Gasteiger partial charge < -0.3 is 0 Å². The van der Waals surface area contributed by atoms with Crippen LogP contribution in [-0.4, -0.2) is 22.3 Å². The zero-order chi connectivity index (χ0) is 5.70. The average molecular weight is 210 g/mol. The maximum atomic E-state index is 9.61. The molecule has 0 spiro atoms. The van der Waals surface area contributed by atoms with Crippen LogP contribution in [0.2, 0.25) is 0 Å². The third-order valence-electron chi connectivity index (χ3n) is 0.298. The van der Waals surface area contributed by atoms with Crippen LogP contribution < -0.4 is 67.3 Å². The van der Waals surface area contributed by atoms with Gasteiger partial charge in [0.1, 0.15) is 0 Å². The molecule has 0 unspecified atom stereocenters. The molecule has 0 rings (SSSR count). The standard InChI is InChI=1S/C3H5AsO3.2Na/c1-2-3-7-4(5)6;;/h2H,1,3H2;;/q-2;2*+1. The summed E-state index contributed by atoms with van der Waals surface area (Å²) in [7, 11) is 0. The number of hydrogen-bond acceptors (Lipinski definition) is 3. The van der Waals surface area contributed by atoms with Crippen molar-refractivity contribution in [3.63, 3.8) is 0 Å². The molecule has 0 saturated heterocycles. The monoisotopic (exact) mass is 210 g/mol. The van der Waals surface area contributed by atoms with Gasteiger partial charge in [0.2, 0.25) is 0 Å². The van der Waals surface area contributed by atoms with Crippen LogP contribution in [0.15, 0.2) is 12.7 Å². The average Bonchev–Trinajstić information content (AvgIpc) is 1.61. The fourth-order valence-corrected chi connectivity index (χ4v) is 0.590. The predicted octanol–water partition coefficient (Wildman–Crippen LogP) is -8.10. The van der Waals surface area contributed by atoms with Crippen molar-refractivity contribution < 1.29 is 71.0 Å². The van der Waals surface area contributed by atoms with E-state index in [-0.39, 0.29) is 65.7 Å². The molecule has 0 radical (unpaired) electrons. The van der Waals surface area contributed by atoms with Crippen LogP contribution in [0.4, 0.5) is 0 Å². The van der Waals surface area contributed by atoms with Gasteiger partial charge in [-0.3, -0.25) is 0 Å². The topological polar surface area (TPSA) is 55.3 Å². The molecule has 0 saturated carbocycles. The van der Waals surface area contributed by atoms with E-state index in [9.17, 15) is 8.19 Å². The minimum Gasteiger partial charge on any atom is 1.00 e. The zero-order valence-corrected chi connectivity index (χ0v) is 11.5. The van der Waals surface area contributed by atoms with Crippen molar-refractivity contribution in [3.05, 3.63) is 12.7 Å². The normalized spacial score (nSPS) is 7.44. The third-order valence-corrected chi connectivity index (χ3v) is 1.05. The molecule has 0 aromatic heterocycles. The Balaban J connectivity index is -0.000000180. The summed E-state index contributed by atoms with van der Waals surface area (Å²) in [5, 5.41) is 0. The van der Waals surface area contributed by atoms with Crippen molar-refractivity contribution in [2.24, 2.45) is 0 Å². The molecule has 0 heterocycles. The van der Waals surface area contributed by atoms with Crippen molar-refractivity contribution in [3.8, 4) is 0 Å². The summed E-state index contributed by atoms with van der Waals surface area (Å²) < 4.78 is 23.3. The first kappa shape index (κ1) is 17.3. The number of rotatable bonds is 3. The van der Waals surface area contributed by atoms with Crippen molar-refractivity contribution in [2.75, 3.05) is 6.61 Å². The summed E-state index contributed by atoms with van der Waals surface area (Å²) in [6.07, 6.45) is 1.39. The second-order valence-electron chi connectivity index (χ2n) is 0.808. The first-order valence-electron chi connectivity index (χ1n) is 1.65. The maximum Gasteiger partial charge on any atom is 1.00 e. The Morgan fingerprint density at radius 1 is 1.44 bits per heavy atom. The van der Waals surface area contributed by atoms with Crippen LogP contribution in [0.25, 0.3) is 0 Å². The van der Waals surface area contributed by atoms with E-state index in [1.54, 1.807) is 0 Å². The maximum absolute atomic E-state index is 9.61. The van der Waals surface area contributed by atoms with E-state index in [1.807, 2.05) is 0 Å². The van der Waals surface area contributed by atoms with E-state index in [1.165, 1.54) is 6.08 Å². The predicted molar refractivity (Wildman–Crippen MR) is 21.9 cm³/mol. The summed E-state index contributed by atoms with van der Waals surface area (Å²) in [5.41, 5.74) is 0. The van der Waals surface area contributed by atoms with E-state index >= 15 is 0 Å². The van der Waals surface area contributed by atoms with Gasteiger partial charge in [-0.2, -0.15) is 0 Å². The second kappa shape index (κ2) is 12.8. The van der Waals surface area contributed by atoms with E-state index in [4.69, 9.17) is 0 Å². The van der Waals surface area contributed by atoms with Crippen molar-refractivity contribution in [1.29, 1.82) is 0 Å². The minimum absolute atomic E-state index is 0. The first-order chi connectivity index (χ1) is 3.27. The zero-order valence-electron chi connectivity index (χ0n) is 5.66. The van der Waals surface area contributed by atoms with Crippen LogP contribution in [0.3, 0.4) is 0 Å². The molecule has 6 heteroatoms. The first-order valence-corrected chi connectivity index (χ1v) is 3.95. The van der Waals surface area contributed by atoms with Crippen molar-refractivity contribution >= 4 is 15.7 Å². The fraction of sp³-hybridized carbons (Fsp3) is 0.333. The Labute approximate surface area is 104 Å². The Hall–Kier alpha value is 2.18. The molecule has 0 amide bonds. The smallest absolute Gasteiger partial charge is 1.00 e. The Bertz CT molecular complexity index is 61.0. The van der Waals surface area contributed by atoms with Gasteiger partial charge in [-0.15, -0.1) is 0 Å². The molecular weight excluding hydrogens is 205 g/mol. The Kier molecular flexibility index (Phi) is 24.7. The summed E-state index contributed by atoms with van der Waals surface area (Å²) in [4.78, 5) is 0. The van der Waals surface area contributed by atoms with E-state index < -0.39 is 15.7 Å². The van der Waals surface area contributed by atoms with Crippen LogP contribution in [-0.2, 0) is 3.73 Å². The Morgan fingerprint density at radius 3 is 2.00 bits per heavy atom. The largest absolute Gasteiger partial charge is 1.00 e. The molecule has 0 bridgehead atoms. The molecular formula is C3H5AsNa2O3. The molecule has 0 fully saturated rings. The van der Waals surface area contributed by atoms with Crippen molar-refractivity contribution in [2.45, 2.75) is 0 Å². The SMILES string of the molecule is C=CCO[As]([O-])[O-].[Na+].[Na+]. The molecule has 0 aliphatic rings. The fourth-order valence-electron chi connectivity index (χ4n) is 0.114. The summed E-state index contributed by atoms with van der Waals surface area (Å²) in [5.74, 6) is 0. The number of hydrogen-bond donors (Lipinski definition) is 0. The van der Waals surface area contributed by atoms with Gasteiger partial charge in [0.15, 0.2) is 0 Å². The van der Waals surface area contributed by atoms with Gasteiger partial charge in [-0.05, 0) is 0 Å².